The van der Waals surface area contributed by atoms with Crippen molar-refractivity contribution in [3.05, 3.63) is 88.6 Å². The van der Waals surface area contributed by atoms with Crippen LogP contribution in [-0.2, 0) is 29.1 Å². The number of benzene rings is 2. The summed E-state index contributed by atoms with van der Waals surface area (Å²) in [5, 5.41) is 8.90. The molecule has 1 N–H and O–H groups in total. The highest BCUT2D eigenvalue weighted by atomic mass is 19.1. The van der Waals surface area contributed by atoms with E-state index in [4.69, 9.17) is 24.7 Å². The van der Waals surface area contributed by atoms with Crippen LogP contribution in [0.25, 0.3) is 11.0 Å². The number of imidazole rings is 1. The third kappa shape index (κ3) is 6.78. The molecule has 0 atom stereocenters. The van der Waals surface area contributed by atoms with Gasteiger partial charge in [0.05, 0.1) is 35.8 Å². The van der Waals surface area contributed by atoms with Crippen LogP contribution in [0, 0.1) is 17.1 Å². The van der Waals surface area contributed by atoms with Crippen molar-refractivity contribution in [2.45, 2.75) is 45.3 Å². The molecule has 5 rings (SSSR count). The predicted molar refractivity (Wildman–Crippen MR) is 143 cm³/mol. The first kappa shape index (κ1) is 26.3. The van der Waals surface area contributed by atoms with Crippen molar-refractivity contribution in [2.75, 3.05) is 19.7 Å². The molecule has 0 amide bonds. The number of nitrogens with zero attached hydrogens (tertiary/aromatic N) is 4. The summed E-state index contributed by atoms with van der Waals surface area (Å²) in [6.07, 6.45) is 2.62. The van der Waals surface area contributed by atoms with E-state index in [1.807, 2.05) is 30.3 Å². The van der Waals surface area contributed by atoms with Gasteiger partial charge in [0.25, 0.3) is 0 Å². The van der Waals surface area contributed by atoms with Gasteiger partial charge < -0.3 is 14.5 Å². The van der Waals surface area contributed by atoms with Crippen LogP contribution >= 0.6 is 0 Å². The van der Waals surface area contributed by atoms with E-state index < -0.39 is 5.82 Å². The molecule has 0 radical (unpaired) electrons. The first-order valence-corrected chi connectivity index (χ1v) is 13.1. The molecule has 1 aliphatic heterocycles. The van der Waals surface area contributed by atoms with E-state index in [0.717, 1.165) is 60.6 Å². The minimum Gasteiger partial charge on any atom is -0.473 e. The largest absolute Gasteiger partial charge is 0.473 e. The number of halogens is 1. The molecule has 8 nitrogen and oxygen atoms in total. The average molecular weight is 528 g/mol. The molecular weight excluding hydrogens is 497 g/mol. The number of rotatable bonds is 9. The number of nitrogens with one attached hydrogen (secondary N) is 1. The van der Waals surface area contributed by atoms with Gasteiger partial charge in [-0.1, -0.05) is 18.2 Å². The molecule has 39 heavy (non-hydrogen) atoms. The Morgan fingerprint density at radius 2 is 2.00 bits per heavy atom. The molecule has 0 unspecified atom stereocenters. The van der Waals surface area contributed by atoms with Crippen LogP contribution in [-0.4, -0.2) is 45.5 Å². The molecule has 1 saturated heterocycles. The zero-order chi connectivity index (χ0) is 27.2. The number of ether oxygens (including phenoxy) is 2. The summed E-state index contributed by atoms with van der Waals surface area (Å²) in [5.74, 6) is 1.00. The van der Waals surface area contributed by atoms with Crippen molar-refractivity contribution in [2.24, 2.45) is 0 Å². The van der Waals surface area contributed by atoms with Crippen LogP contribution in [0.3, 0.4) is 0 Å². The molecule has 1 fully saturated rings. The van der Waals surface area contributed by atoms with Crippen LogP contribution in [0.15, 0.2) is 54.6 Å². The number of H-pyrrole nitrogens is 1. The first-order valence-electron chi connectivity index (χ1n) is 13.1. The quantitative estimate of drug-likeness (QED) is 0.304. The van der Waals surface area contributed by atoms with Crippen molar-refractivity contribution in [1.82, 2.24) is 19.9 Å². The molecule has 0 spiro atoms. The summed E-state index contributed by atoms with van der Waals surface area (Å²) < 4.78 is 25.0. The minimum absolute atomic E-state index is 0.0532. The standard InChI is InChI=1S/C30H30FN5O3/c1-20(37)38-14-11-21-6-8-27-28(16-21)34-29(33-27)18-36-12-9-23(10-13-36)26-3-2-4-30(35-26)39-19-24-7-5-22(17-32)15-25(24)31/h2-8,15-16,23H,9-14,18-19H2,1H3,(H,33,34). The molecule has 9 heteroatoms. The summed E-state index contributed by atoms with van der Waals surface area (Å²) in [5.41, 5.74) is 4.67. The van der Waals surface area contributed by atoms with Crippen LogP contribution in [0.2, 0.25) is 0 Å². The molecule has 200 valence electrons. The number of hydrogen-bond acceptors (Lipinski definition) is 7. The summed E-state index contributed by atoms with van der Waals surface area (Å²) in [6.45, 7) is 4.45. The SMILES string of the molecule is CC(=O)OCCc1ccc2nc(CN3CCC(c4cccc(OCc5ccc(C#N)cc5F)n4)CC3)[nH]c2c1. The summed E-state index contributed by atoms with van der Waals surface area (Å²) in [6, 6.07) is 18.1. The second kappa shape index (κ2) is 12.0. The lowest BCUT2D eigenvalue weighted by Crippen LogP contribution is -2.33. The van der Waals surface area contributed by atoms with Gasteiger partial charge in [0.1, 0.15) is 18.2 Å². The Bertz CT molecular complexity index is 1500. The third-order valence-electron chi connectivity index (χ3n) is 6.97. The Labute approximate surface area is 226 Å². The summed E-state index contributed by atoms with van der Waals surface area (Å²) in [4.78, 5) is 26.3. The Morgan fingerprint density at radius 3 is 2.77 bits per heavy atom. The molecule has 4 aromatic rings. The summed E-state index contributed by atoms with van der Waals surface area (Å²) in [7, 11) is 0. The second-order valence-electron chi connectivity index (χ2n) is 9.78. The molecular formula is C30H30FN5O3. The van der Waals surface area contributed by atoms with Crippen molar-refractivity contribution in [1.29, 1.82) is 5.26 Å². The molecule has 0 saturated carbocycles. The van der Waals surface area contributed by atoms with Gasteiger partial charge in [-0.25, -0.2) is 14.4 Å². The number of esters is 1. The second-order valence-corrected chi connectivity index (χ2v) is 9.78. The highest BCUT2D eigenvalue weighted by Gasteiger charge is 2.23. The zero-order valence-electron chi connectivity index (χ0n) is 21.8. The number of carbonyl (C=O) groups is 1. The van der Waals surface area contributed by atoms with E-state index in [0.29, 0.717) is 30.4 Å². The smallest absolute Gasteiger partial charge is 0.302 e. The van der Waals surface area contributed by atoms with Gasteiger partial charge in [0.2, 0.25) is 5.88 Å². The lowest BCUT2D eigenvalue weighted by Gasteiger charge is -2.31. The van der Waals surface area contributed by atoms with E-state index >= 15 is 0 Å². The van der Waals surface area contributed by atoms with Gasteiger partial charge in [-0.15, -0.1) is 0 Å². The van der Waals surface area contributed by atoms with Crippen LogP contribution in [0.5, 0.6) is 5.88 Å². The van der Waals surface area contributed by atoms with E-state index in [1.54, 1.807) is 18.2 Å². The van der Waals surface area contributed by atoms with Crippen molar-refractivity contribution in [3.8, 4) is 11.9 Å². The molecule has 2 aromatic heterocycles. The Hall–Kier alpha value is -4.29. The van der Waals surface area contributed by atoms with Gasteiger partial charge in [-0.05, 0) is 61.8 Å². The monoisotopic (exact) mass is 527 g/mol. The number of carbonyl (C=O) groups excluding carboxylic acids is 1. The highest BCUT2D eigenvalue weighted by Crippen LogP contribution is 2.29. The number of piperidine rings is 1. The number of aromatic amines is 1. The van der Waals surface area contributed by atoms with Crippen LogP contribution in [0.1, 0.15) is 53.9 Å². The molecule has 1 aliphatic rings. The van der Waals surface area contributed by atoms with Crippen LogP contribution in [0.4, 0.5) is 4.39 Å². The van der Waals surface area contributed by atoms with Gasteiger partial charge in [-0.2, -0.15) is 5.26 Å². The fourth-order valence-corrected chi connectivity index (χ4v) is 4.88. The lowest BCUT2D eigenvalue weighted by molar-refractivity contribution is -0.140. The average Bonchev–Trinajstić information content (AvgIpc) is 3.34. The Morgan fingerprint density at radius 1 is 1.15 bits per heavy atom. The maximum absolute atomic E-state index is 14.2. The van der Waals surface area contributed by atoms with E-state index in [1.165, 1.54) is 13.0 Å². The fourth-order valence-electron chi connectivity index (χ4n) is 4.88. The Kier molecular flexibility index (Phi) is 8.13. The van der Waals surface area contributed by atoms with Crippen molar-refractivity contribution in [3.63, 3.8) is 0 Å². The molecule has 3 heterocycles. The lowest BCUT2D eigenvalue weighted by atomic mass is 9.93. The first-order chi connectivity index (χ1) is 19.0. The number of nitriles is 1. The van der Waals surface area contributed by atoms with E-state index in [2.05, 4.69) is 16.0 Å². The number of fused-ring (bicyclic) bond motifs is 1. The minimum atomic E-state index is -0.457. The molecule has 0 bridgehead atoms. The topological polar surface area (TPSA) is 104 Å². The zero-order valence-corrected chi connectivity index (χ0v) is 21.8. The highest BCUT2D eigenvalue weighted by molar-refractivity contribution is 5.75. The molecule has 0 aliphatic carbocycles. The van der Waals surface area contributed by atoms with Crippen molar-refractivity contribution < 1.29 is 18.7 Å². The third-order valence-corrected chi connectivity index (χ3v) is 6.97. The van der Waals surface area contributed by atoms with Crippen molar-refractivity contribution >= 4 is 17.0 Å². The number of hydrogen-bond donors (Lipinski definition) is 1. The Balaban J connectivity index is 1.13. The van der Waals surface area contributed by atoms with Gasteiger partial charge in [0.15, 0.2) is 0 Å². The summed E-state index contributed by atoms with van der Waals surface area (Å²) >= 11 is 0. The number of aromatic nitrogens is 3. The predicted octanol–water partition coefficient (Wildman–Crippen LogP) is 5.03. The molecule has 2 aromatic carbocycles. The van der Waals surface area contributed by atoms with E-state index in [9.17, 15) is 9.18 Å². The fraction of sp³-hybridized carbons (Fsp3) is 0.333. The van der Waals surface area contributed by atoms with Gasteiger partial charge >= 0.3 is 5.97 Å². The maximum Gasteiger partial charge on any atom is 0.302 e. The maximum atomic E-state index is 14.2. The van der Waals surface area contributed by atoms with Crippen LogP contribution < -0.4 is 4.74 Å². The van der Waals surface area contributed by atoms with Gasteiger partial charge in [-0.3, -0.25) is 9.69 Å². The normalized spacial score (nSPS) is 14.3. The van der Waals surface area contributed by atoms with Gasteiger partial charge in [0, 0.05) is 36.6 Å². The van der Waals surface area contributed by atoms with E-state index in [-0.39, 0.29) is 18.1 Å². The number of likely N-dealkylation sites (tertiary alicyclic amines) is 1. The number of pyridine rings is 1.